The number of nitrogens with zero attached hydrogens (tertiary/aromatic N) is 1. The van der Waals surface area contributed by atoms with E-state index < -0.39 is 0 Å². The summed E-state index contributed by atoms with van der Waals surface area (Å²) >= 11 is 0. The van der Waals surface area contributed by atoms with Crippen LogP contribution in [0.25, 0.3) is 0 Å². The lowest BCUT2D eigenvalue weighted by Crippen LogP contribution is -1.98. The van der Waals surface area contributed by atoms with E-state index in [1.165, 1.54) is 17.2 Å². The van der Waals surface area contributed by atoms with E-state index >= 15 is 0 Å². The highest BCUT2D eigenvalue weighted by Crippen LogP contribution is 2.14. The highest BCUT2D eigenvalue weighted by Gasteiger charge is 2.03. The summed E-state index contributed by atoms with van der Waals surface area (Å²) in [4.78, 5) is 4.37. The van der Waals surface area contributed by atoms with Gasteiger partial charge in [0.15, 0.2) is 0 Å². The molecule has 17 heavy (non-hydrogen) atoms. The molecule has 0 saturated carbocycles. The first kappa shape index (κ1) is 11.8. The van der Waals surface area contributed by atoms with Gasteiger partial charge in [-0.1, -0.05) is 12.1 Å². The van der Waals surface area contributed by atoms with Gasteiger partial charge in [-0.25, -0.2) is 4.39 Å². The van der Waals surface area contributed by atoms with Crippen molar-refractivity contribution in [2.45, 2.75) is 26.7 Å². The zero-order valence-corrected chi connectivity index (χ0v) is 10.2. The molecular weight excluding hydrogens is 213 g/mol. The van der Waals surface area contributed by atoms with E-state index in [9.17, 15) is 4.39 Å². The maximum atomic E-state index is 13.0. The van der Waals surface area contributed by atoms with Gasteiger partial charge in [0.25, 0.3) is 0 Å². The van der Waals surface area contributed by atoms with Crippen LogP contribution in [0.3, 0.4) is 0 Å². The molecule has 0 aliphatic heterocycles. The van der Waals surface area contributed by atoms with Gasteiger partial charge in [-0.2, -0.15) is 0 Å². The molecule has 0 aliphatic rings. The molecule has 1 heterocycles. The summed E-state index contributed by atoms with van der Waals surface area (Å²) < 4.78 is 13.0. The van der Waals surface area contributed by atoms with Crippen molar-refractivity contribution in [2.24, 2.45) is 0 Å². The maximum absolute atomic E-state index is 13.0. The third kappa shape index (κ3) is 2.90. The molecule has 0 saturated heterocycles. The summed E-state index contributed by atoms with van der Waals surface area (Å²) in [5, 5.41) is 0. The molecule has 1 aromatic carbocycles. The molecule has 0 atom stereocenters. The first-order valence-electron chi connectivity index (χ1n) is 5.82. The van der Waals surface area contributed by atoms with Crippen molar-refractivity contribution in [1.29, 1.82) is 0 Å². The molecule has 0 radical (unpaired) electrons. The van der Waals surface area contributed by atoms with Crippen molar-refractivity contribution < 1.29 is 4.39 Å². The molecule has 0 bridgehead atoms. The Hall–Kier alpha value is -1.70. The van der Waals surface area contributed by atoms with E-state index in [4.69, 9.17) is 0 Å². The highest BCUT2D eigenvalue weighted by molar-refractivity contribution is 5.28. The number of aryl methyl sites for hydroxylation is 4. The van der Waals surface area contributed by atoms with Crippen LogP contribution in [-0.4, -0.2) is 4.98 Å². The number of hydrogen-bond acceptors (Lipinski definition) is 1. The van der Waals surface area contributed by atoms with E-state index in [0.717, 1.165) is 24.1 Å². The van der Waals surface area contributed by atoms with Crippen molar-refractivity contribution in [3.05, 3.63) is 64.7 Å². The quantitative estimate of drug-likeness (QED) is 0.783. The molecule has 0 unspecified atom stereocenters. The van der Waals surface area contributed by atoms with Crippen LogP contribution in [0.1, 0.15) is 22.4 Å². The van der Waals surface area contributed by atoms with Crippen LogP contribution in [0.4, 0.5) is 4.39 Å². The minimum atomic E-state index is -0.166. The molecule has 1 aromatic heterocycles. The number of pyridine rings is 1. The van der Waals surface area contributed by atoms with Gasteiger partial charge >= 0.3 is 0 Å². The molecule has 2 rings (SSSR count). The Morgan fingerprint density at radius 2 is 1.88 bits per heavy atom. The van der Waals surface area contributed by atoms with Crippen LogP contribution in [-0.2, 0) is 12.8 Å². The molecule has 0 aliphatic carbocycles. The van der Waals surface area contributed by atoms with Crippen LogP contribution in [0, 0.1) is 19.7 Å². The standard InChI is InChI=1S/C15H16FN/c1-11-4-3-9-17-15(11)8-6-13-5-7-14(16)10-12(13)2/h3-5,7,9-10H,6,8H2,1-2H3. The third-order valence-electron chi connectivity index (χ3n) is 3.05. The molecule has 0 spiro atoms. The Bertz CT molecular complexity index is 520. The molecule has 0 amide bonds. The van der Waals surface area contributed by atoms with E-state index in [-0.39, 0.29) is 5.82 Å². The highest BCUT2D eigenvalue weighted by atomic mass is 19.1. The Labute approximate surface area is 101 Å². The van der Waals surface area contributed by atoms with Crippen molar-refractivity contribution in [2.75, 3.05) is 0 Å². The number of hydrogen-bond donors (Lipinski definition) is 0. The van der Waals surface area contributed by atoms with E-state index in [1.807, 2.05) is 25.3 Å². The van der Waals surface area contributed by atoms with Gasteiger partial charge in [0.1, 0.15) is 5.82 Å². The summed E-state index contributed by atoms with van der Waals surface area (Å²) in [6, 6.07) is 8.99. The van der Waals surface area contributed by atoms with Crippen LogP contribution >= 0.6 is 0 Å². The second-order valence-corrected chi connectivity index (χ2v) is 4.34. The fourth-order valence-electron chi connectivity index (χ4n) is 1.97. The molecule has 0 fully saturated rings. The SMILES string of the molecule is Cc1cc(F)ccc1CCc1ncccc1C. The monoisotopic (exact) mass is 229 g/mol. The van der Waals surface area contributed by atoms with Crippen molar-refractivity contribution >= 4 is 0 Å². The lowest BCUT2D eigenvalue weighted by molar-refractivity contribution is 0.625. The van der Waals surface area contributed by atoms with Gasteiger partial charge in [-0.3, -0.25) is 4.98 Å². The number of rotatable bonds is 3. The van der Waals surface area contributed by atoms with Gasteiger partial charge in [0.2, 0.25) is 0 Å². The minimum absolute atomic E-state index is 0.166. The van der Waals surface area contributed by atoms with Gasteiger partial charge in [-0.15, -0.1) is 0 Å². The zero-order valence-electron chi connectivity index (χ0n) is 10.2. The van der Waals surface area contributed by atoms with Gasteiger partial charge in [0, 0.05) is 11.9 Å². The topological polar surface area (TPSA) is 12.9 Å². The maximum Gasteiger partial charge on any atom is 0.123 e. The summed E-state index contributed by atoms with van der Waals surface area (Å²) in [6.45, 7) is 4.02. The largest absolute Gasteiger partial charge is 0.261 e. The van der Waals surface area contributed by atoms with Crippen LogP contribution in [0.5, 0.6) is 0 Å². The minimum Gasteiger partial charge on any atom is -0.261 e. The molecule has 2 heteroatoms. The zero-order chi connectivity index (χ0) is 12.3. The molecule has 0 N–H and O–H groups in total. The van der Waals surface area contributed by atoms with E-state index in [1.54, 1.807) is 6.07 Å². The van der Waals surface area contributed by atoms with Crippen molar-refractivity contribution in [3.8, 4) is 0 Å². The van der Waals surface area contributed by atoms with E-state index in [0.29, 0.717) is 0 Å². The van der Waals surface area contributed by atoms with Crippen molar-refractivity contribution in [3.63, 3.8) is 0 Å². The van der Waals surface area contributed by atoms with Gasteiger partial charge in [0.05, 0.1) is 0 Å². The Morgan fingerprint density at radius 3 is 2.59 bits per heavy atom. The summed E-state index contributed by atoms with van der Waals surface area (Å²) in [7, 11) is 0. The number of halogens is 1. The van der Waals surface area contributed by atoms with Gasteiger partial charge in [-0.05, 0) is 61.6 Å². The molecule has 88 valence electrons. The number of aromatic nitrogens is 1. The Morgan fingerprint density at radius 1 is 1.06 bits per heavy atom. The summed E-state index contributed by atoms with van der Waals surface area (Å²) in [5.41, 5.74) is 4.54. The first-order chi connectivity index (χ1) is 8.16. The molecule has 1 nitrogen and oxygen atoms in total. The lowest BCUT2D eigenvalue weighted by atomic mass is 10.0. The molecule has 2 aromatic rings. The second-order valence-electron chi connectivity index (χ2n) is 4.34. The van der Waals surface area contributed by atoms with E-state index in [2.05, 4.69) is 18.0 Å². The summed E-state index contributed by atoms with van der Waals surface area (Å²) in [5.74, 6) is -0.166. The van der Waals surface area contributed by atoms with Gasteiger partial charge < -0.3 is 0 Å². The predicted molar refractivity (Wildman–Crippen MR) is 67.5 cm³/mol. The third-order valence-corrected chi connectivity index (χ3v) is 3.05. The fourth-order valence-corrected chi connectivity index (χ4v) is 1.97. The van der Waals surface area contributed by atoms with Crippen molar-refractivity contribution in [1.82, 2.24) is 4.98 Å². The lowest BCUT2D eigenvalue weighted by Gasteiger charge is -2.07. The first-order valence-corrected chi connectivity index (χ1v) is 5.82. The second kappa shape index (κ2) is 5.09. The number of benzene rings is 1. The predicted octanol–water partition coefficient (Wildman–Crippen LogP) is 3.62. The Balaban J connectivity index is 2.10. The normalized spacial score (nSPS) is 10.5. The molecular formula is C15H16FN. The average molecular weight is 229 g/mol. The van der Waals surface area contributed by atoms with Crippen LogP contribution in [0.2, 0.25) is 0 Å². The van der Waals surface area contributed by atoms with Crippen LogP contribution in [0.15, 0.2) is 36.5 Å². The fraction of sp³-hybridized carbons (Fsp3) is 0.267. The average Bonchev–Trinajstić information content (AvgIpc) is 2.30. The smallest absolute Gasteiger partial charge is 0.123 e. The summed E-state index contributed by atoms with van der Waals surface area (Å²) in [6.07, 6.45) is 3.63. The van der Waals surface area contributed by atoms with Crippen LogP contribution < -0.4 is 0 Å². The Kier molecular flexibility index (Phi) is 3.52.